The highest BCUT2D eigenvalue weighted by Gasteiger charge is 2.20. The zero-order valence-electron chi connectivity index (χ0n) is 19.0. The Kier molecular flexibility index (Phi) is 7.15. The summed E-state index contributed by atoms with van der Waals surface area (Å²) in [5.74, 6) is -0.0263. The zero-order valence-corrected chi connectivity index (χ0v) is 20.6. The molecule has 0 saturated heterocycles. The molecule has 0 aliphatic heterocycles. The molecule has 0 radical (unpaired) electrons. The minimum absolute atomic E-state index is 0.0192. The molecule has 0 bridgehead atoms. The fraction of sp³-hybridized carbons (Fsp3) is 0.125. The molecule has 1 heterocycles. The summed E-state index contributed by atoms with van der Waals surface area (Å²) in [4.78, 5) is 22.8. The molecule has 35 heavy (non-hydrogen) atoms. The van der Waals surface area contributed by atoms with Crippen LogP contribution in [0.25, 0.3) is 11.0 Å². The number of carbonyl (C=O) groups excluding carboxylic acids is 1. The zero-order chi connectivity index (χ0) is 25.0. The summed E-state index contributed by atoms with van der Waals surface area (Å²) in [6, 6.07) is 20.1. The Hall–Kier alpha value is -3.73. The Bertz CT molecular complexity index is 1490. The van der Waals surface area contributed by atoms with Crippen molar-refractivity contribution in [3.8, 4) is 0 Å². The van der Waals surface area contributed by atoms with Crippen LogP contribution in [-0.4, -0.2) is 49.8 Å². The molecular weight excluding hydrogens is 488 g/mol. The number of benzene rings is 3. The number of sulfonamides is 1. The quantitative estimate of drug-likeness (QED) is 0.323. The fourth-order valence-corrected chi connectivity index (χ4v) is 4.52. The van der Waals surface area contributed by atoms with E-state index < -0.39 is 10.0 Å². The number of nitrogens with zero attached hydrogens (tertiary/aromatic N) is 3. The van der Waals surface area contributed by atoms with Gasteiger partial charge in [-0.3, -0.25) is 9.52 Å². The molecule has 0 spiro atoms. The molecule has 0 aliphatic carbocycles. The van der Waals surface area contributed by atoms with E-state index in [4.69, 9.17) is 11.6 Å². The molecule has 1 aromatic heterocycles. The van der Waals surface area contributed by atoms with E-state index in [-0.39, 0.29) is 29.0 Å². The Morgan fingerprint density at radius 3 is 2.23 bits per heavy atom. The molecule has 0 fully saturated rings. The van der Waals surface area contributed by atoms with Crippen molar-refractivity contribution in [3.05, 3.63) is 77.8 Å². The van der Waals surface area contributed by atoms with Gasteiger partial charge in [0.1, 0.15) is 0 Å². The molecule has 1 amide bonds. The van der Waals surface area contributed by atoms with E-state index in [1.54, 1.807) is 73.6 Å². The topological polar surface area (TPSA) is 116 Å². The number of likely N-dealkylation sites (N-methyl/N-ethyl adjacent to an activating group) is 1. The van der Waals surface area contributed by atoms with E-state index in [9.17, 15) is 13.2 Å². The molecule has 9 nitrogen and oxygen atoms in total. The maximum Gasteiger partial charge on any atom is 0.263 e. The number of nitrogens with one attached hydrogen (secondary N) is 3. The lowest BCUT2D eigenvalue weighted by molar-refractivity contribution is -0.116. The van der Waals surface area contributed by atoms with Crippen LogP contribution < -0.4 is 15.4 Å². The molecule has 0 saturated carbocycles. The van der Waals surface area contributed by atoms with E-state index >= 15 is 0 Å². The number of rotatable bonds is 8. The van der Waals surface area contributed by atoms with Gasteiger partial charge in [0.25, 0.3) is 10.0 Å². The van der Waals surface area contributed by atoms with Crippen LogP contribution in [0.2, 0.25) is 5.02 Å². The normalized spacial score (nSPS) is 11.4. The average Bonchev–Trinajstić information content (AvgIpc) is 2.79. The summed E-state index contributed by atoms with van der Waals surface area (Å²) in [5.41, 5.74) is 2.09. The minimum atomic E-state index is -4.07. The summed E-state index contributed by atoms with van der Waals surface area (Å²) in [5, 5.41) is 6.30. The van der Waals surface area contributed by atoms with Gasteiger partial charge in [-0.25, -0.2) is 18.4 Å². The minimum Gasteiger partial charge on any atom is -0.337 e. The van der Waals surface area contributed by atoms with Gasteiger partial charge in [0.15, 0.2) is 11.6 Å². The van der Waals surface area contributed by atoms with Gasteiger partial charge in [-0.1, -0.05) is 35.9 Å². The predicted molar refractivity (Wildman–Crippen MR) is 139 cm³/mol. The molecule has 0 unspecified atom stereocenters. The highest BCUT2D eigenvalue weighted by Crippen LogP contribution is 2.28. The van der Waals surface area contributed by atoms with Gasteiger partial charge in [-0.2, -0.15) is 0 Å². The summed E-state index contributed by atoms with van der Waals surface area (Å²) in [7, 11) is -0.531. The molecule has 180 valence electrons. The first kappa shape index (κ1) is 24.4. The van der Waals surface area contributed by atoms with Crippen LogP contribution >= 0.6 is 11.6 Å². The Morgan fingerprint density at radius 1 is 0.886 bits per heavy atom. The van der Waals surface area contributed by atoms with Gasteiger partial charge in [-0.15, -0.1) is 0 Å². The van der Waals surface area contributed by atoms with Gasteiger partial charge >= 0.3 is 0 Å². The second-order valence-electron chi connectivity index (χ2n) is 7.96. The van der Waals surface area contributed by atoms with Gasteiger partial charge in [0, 0.05) is 16.4 Å². The number of para-hydroxylation sites is 2. The summed E-state index contributed by atoms with van der Waals surface area (Å²) >= 11 is 6.09. The van der Waals surface area contributed by atoms with Gasteiger partial charge in [-0.05, 0) is 62.6 Å². The Labute approximate surface area is 208 Å². The number of hydrogen-bond acceptors (Lipinski definition) is 7. The van der Waals surface area contributed by atoms with Crippen molar-refractivity contribution in [3.63, 3.8) is 0 Å². The number of hydrogen-bond donors (Lipinski definition) is 3. The van der Waals surface area contributed by atoms with Gasteiger partial charge in [0.2, 0.25) is 5.91 Å². The molecule has 3 aromatic carbocycles. The molecule has 0 aliphatic rings. The second kappa shape index (κ2) is 10.3. The number of aromatic nitrogens is 2. The van der Waals surface area contributed by atoms with Crippen molar-refractivity contribution < 1.29 is 13.2 Å². The highest BCUT2D eigenvalue weighted by molar-refractivity contribution is 7.92. The van der Waals surface area contributed by atoms with Crippen molar-refractivity contribution >= 4 is 61.6 Å². The van der Waals surface area contributed by atoms with Crippen LogP contribution in [0.4, 0.5) is 23.0 Å². The Balaban J connectivity index is 1.67. The Morgan fingerprint density at radius 2 is 1.54 bits per heavy atom. The lowest BCUT2D eigenvalue weighted by Crippen LogP contribution is -2.27. The average molecular weight is 511 g/mol. The summed E-state index contributed by atoms with van der Waals surface area (Å²) < 4.78 is 29.1. The largest absolute Gasteiger partial charge is 0.337 e. The van der Waals surface area contributed by atoms with Crippen LogP contribution in [-0.2, 0) is 14.8 Å². The second-order valence-corrected chi connectivity index (χ2v) is 10.1. The monoisotopic (exact) mass is 510 g/mol. The first-order chi connectivity index (χ1) is 16.7. The molecule has 0 atom stereocenters. The third-order valence-electron chi connectivity index (χ3n) is 4.78. The SMILES string of the molecule is CN(C)CC(=O)Nc1cccc(S(=O)(=O)Nc2nc3ccccc3nc2Nc2cccc(Cl)c2)c1. The number of amides is 1. The predicted octanol–water partition coefficient (Wildman–Crippen LogP) is 4.33. The number of halogens is 1. The highest BCUT2D eigenvalue weighted by atomic mass is 35.5. The van der Waals surface area contributed by atoms with E-state index in [1.807, 2.05) is 6.07 Å². The fourth-order valence-electron chi connectivity index (χ4n) is 3.28. The van der Waals surface area contributed by atoms with Crippen LogP contribution in [0.5, 0.6) is 0 Å². The summed E-state index contributed by atoms with van der Waals surface area (Å²) in [6.45, 7) is 0.167. The van der Waals surface area contributed by atoms with Crippen LogP contribution in [0, 0.1) is 0 Å². The standard InChI is InChI=1S/C24H23ClN6O3S/c1-31(2)15-22(32)26-18-9-6-10-19(14-18)35(33,34)30-24-23(27-17-8-5-7-16(25)13-17)28-20-11-3-4-12-21(20)29-24/h3-14H,15H2,1-2H3,(H,26,32)(H,27,28)(H,29,30). The maximum absolute atomic E-state index is 13.3. The van der Waals surface area contributed by atoms with Crippen molar-refractivity contribution in [2.24, 2.45) is 0 Å². The van der Waals surface area contributed by atoms with Crippen LogP contribution in [0.1, 0.15) is 0 Å². The third-order valence-corrected chi connectivity index (χ3v) is 6.35. The van der Waals surface area contributed by atoms with E-state index in [1.165, 1.54) is 12.1 Å². The van der Waals surface area contributed by atoms with Gasteiger partial charge in [0.05, 0.1) is 22.5 Å². The van der Waals surface area contributed by atoms with Crippen molar-refractivity contribution in [1.29, 1.82) is 0 Å². The van der Waals surface area contributed by atoms with Crippen molar-refractivity contribution in [1.82, 2.24) is 14.9 Å². The lowest BCUT2D eigenvalue weighted by Gasteiger charge is -2.15. The molecule has 11 heteroatoms. The molecule has 3 N–H and O–H groups in total. The van der Waals surface area contributed by atoms with Gasteiger partial charge < -0.3 is 15.5 Å². The molecule has 4 rings (SSSR count). The van der Waals surface area contributed by atoms with Crippen molar-refractivity contribution in [2.75, 3.05) is 36.0 Å². The molecular formula is C24H23ClN6O3S. The van der Waals surface area contributed by atoms with E-state index in [0.29, 0.717) is 27.4 Å². The van der Waals surface area contributed by atoms with Crippen molar-refractivity contribution in [2.45, 2.75) is 4.90 Å². The number of anilines is 4. The first-order valence-electron chi connectivity index (χ1n) is 10.6. The smallest absolute Gasteiger partial charge is 0.263 e. The number of carbonyl (C=O) groups is 1. The lowest BCUT2D eigenvalue weighted by atomic mass is 10.3. The summed E-state index contributed by atoms with van der Waals surface area (Å²) in [6.07, 6.45) is 0. The van der Waals surface area contributed by atoms with Crippen LogP contribution in [0.3, 0.4) is 0 Å². The third kappa shape index (κ3) is 6.24. The number of fused-ring (bicyclic) bond motifs is 1. The van der Waals surface area contributed by atoms with Crippen LogP contribution in [0.15, 0.2) is 77.7 Å². The maximum atomic E-state index is 13.3. The molecule has 4 aromatic rings. The van der Waals surface area contributed by atoms with E-state index in [0.717, 1.165) is 0 Å². The first-order valence-corrected chi connectivity index (χ1v) is 12.4. The van der Waals surface area contributed by atoms with E-state index in [2.05, 4.69) is 25.3 Å².